The van der Waals surface area contributed by atoms with E-state index < -0.39 is 0 Å². The second-order valence-electron chi connectivity index (χ2n) is 4.99. The Morgan fingerprint density at radius 3 is 2.94 bits per heavy atom. The van der Waals surface area contributed by atoms with Gasteiger partial charge in [0.05, 0.1) is 13.7 Å². The van der Waals surface area contributed by atoms with Crippen LogP contribution in [0.4, 0.5) is 5.69 Å². The summed E-state index contributed by atoms with van der Waals surface area (Å²) in [5, 5.41) is 0. The van der Waals surface area contributed by atoms with Gasteiger partial charge in [0.2, 0.25) is 0 Å². The predicted molar refractivity (Wildman–Crippen MR) is 73.1 cm³/mol. The van der Waals surface area contributed by atoms with Gasteiger partial charge in [-0.2, -0.15) is 0 Å². The maximum atomic E-state index is 5.86. The fraction of sp³-hybridized carbons (Fsp3) is 0.571. The molecule has 1 saturated heterocycles. The molecule has 18 heavy (non-hydrogen) atoms. The van der Waals surface area contributed by atoms with E-state index in [-0.39, 0.29) is 0 Å². The minimum atomic E-state index is 0.592. The maximum Gasteiger partial charge on any atom is 0.163 e. The van der Waals surface area contributed by atoms with Gasteiger partial charge < -0.3 is 20.1 Å². The van der Waals surface area contributed by atoms with Crippen molar-refractivity contribution in [1.29, 1.82) is 0 Å². The standard InChI is InChI=1S/C14H22N2O2/c1-16-7-3-4-11(9-16)10-18-14-8-12(15)5-6-13(14)17-2/h5-6,8,11H,3-4,7,9-10,15H2,1-2H3. The van der Waals surface area contributed by atoms with E-state index in [0.29, 0.717) is 11.6 Å². The van der Waals surface area contributed by atoms with Gasteiger partial charge in [0, 0.05) is 24.2 Å². The summed E-state index contributed by atoms with van der Waals surface area (Å²) in [5.74, 6) is 2.08. The number of ether oxygens (including phenoxy) is 2. The molecule has 0 aromatic heterocycles. The number of likely N-dealkylation sites (tertiary alicyclic amines) is 1. The molecule has 1 atom stereocenters. The molecular weight excluding hydrogens is 228 g/mol. The number of nitrogens with two attached hydrogens (primary N) is 1. The molecule has 0 bridgehead atoms. The third-order valence-corrected chi connectivity index (χ3v) is 3.38. The van der Waals surface area contributed by atoms with Gasteiger partial charge in [-0.3, -0.25) is 0 Å². The average molecular weight is 250 g/mol. The van der Waals surface area contributed by atoms with Crippen molar-refractivity contribution >= 4 is 5.69 Å². The SMILES string of the molecule is COc1ccc(N)cc1OCC1CCCN(C)C1. The van der Waals surface area contributed by atoms with E-state index >= 15 is 0 Å². The Labute approximate surface area is 109 Å². The molecule has 2 rings (SSSR count). The van der Waals surface area contributed by atoms with E-state index in [9.17, 15) is 0 Å². The normalized spacial score (nSPS) is 20.7. The van der Waals surface area contributed by atoms with Gasteiger partial charge in [0.25, 0.3) is 0 Å². The smallest absolute Gasteiger partial charge is 0.163 e. The number of benzene rings is 1. The Morgan fingerprint density at radius 2 is 2.22 bits per heavy atom. The number of anilines is 1. The minimum absolute atomic E-state index is 0.592. The fourth-order valence-corrected chi connectivity index (χ4v) is 2.42. The lowest BCUT2D eigenvalue weighted by atomic mass is 10.00. The highest BCUT2D eigenvalue weighted by Crippen LogP contribution is 2.30. The molecule has 1 heterocycles. The van der Waals surface area contributed by atoms with Crippen molar-refractivity contribution in [2.75, 3.05) is 39.6 Å². The second-order valence-corrected chi connectivity index (χ2v) is 4.99. The molecule has 0 radical (unpaired) electrons. The number of hydrogen-bond donors (Lipinski definition) is 1. The van der Waals surface area contributed by atoms with Crippen molar-refractivity contribution in [2.24, 2.45) is 5.92 Å². The topological polar surface area (TPSA) is 47.7 Å². The van der Waals surface area contributed by atoms with Gasteiger partial charge in [-0.05, 0) is 38.6 Å². The zero-order valence-corrected chi connectivity index (χ0v) is 11.2. The van der Waals surface area contributed by atoms with Crippen molar-refractivity contribution in [3.63, 3.8) is 0 Å². The van der Waals surface area contributed by atoms with Crippen LogP contribution in [0, 0.1) is 5.92 Å². The maximum absolute atomic E-state index is 5.86. The third kappa shape index (κ3) is 3.29. The summed E-state index contributed by atoms with van der Waals surface area (Å²) in [4.78, 5) is 2.36. The lowest BCUT2D eigenvalue weighted by molar-refractivity contribution is 0.148. The third-order valence-electron chi connectivity index (χ3n) is 3.38. The summed E-state index contributed by atoms with van der Waals surface area (Å²) in [6.07, 6.45) is 2.48. The summed E-state index contributed by atoms with van der Waals surface area (Å²) >= 11 is 0. The molecule has 4 heteroatoms. The summed E-state index contributed by atoms with van der Waals surface area (Å²) in [6.45, 7) is 3.02. The fourth-order valence-electron chi connectivity index (χ4n) is 2.42. The Morgan fingerprint density at radius 1 is 1.39 bits per heavy atom. The molecule has 1 aromatic rings. The number of nitrogens with zero attached hydrogens (tertiary/aromatic N) is 1. The van der Waals surface area contributed by atoms with E-state index in [0.717, 1.165) is 24.7 Å². The Balaban J connectivity index is 1.94. The first-order valence-corrected chi connectivity index (χ1v) is 6.44. The first kappa shape index (κ1) is 13.0. The summed E-state index contributed by atoms with van der Waals surface area (Å²) in [5.41, 5.74) is 6.47. The number of methoxy groups -OCH3 is 1. The van der Waals surface area contributed by atoms with E-state index in [1.54, 1.807) is 7.11 Å². The molecule has 0 aliphatic carbocycles. The van der Waals surface area contributed by atoms with Crippen LogP contribution in [-0.4, -0.2) is 38.8 Å². The molecule has 1 aromatic carbocycles. The van der Waals surface area contributed by atoms with E-state index in [1.165, 1.54) is 19.4 Å². The Bertz CT molecular complexity index is 395. The zero-order chi connectivity index (χ0) is 13.0. The minimum Gasteiger partial charge on any atom is -0.493 e. The van der Waals surface area contributed by atoms with Crippen molar-refractivity contribution in [3.05, 3.63) is 18.2 Å². The summed E-state index contributed by atoms with van der Waals surface area (Å²) in [7, 11) is 3.81. The van der Waals surface area contributed by atoms with Crippen LogP contribution in [0.5, 0.6) is 11.5 Å². The number of rotatable bonds is 4. The monoisotopic (exact) mass is 250 g/mol. The van der Waals surface area contributed by atoms with Crippen LogP contribution in [0.15, 0.2) is 18.2 Å². The highest BCUT2D eigenvalue weighted by atomic mass is 16.5. The molecule has 0 spiro atoms. The molecule has 1 aliphatic heterocycles. The van der Waals surface area contributed by atoms with Gasteiger partial charge in [-0.15, -0.1) is 0 Å². The van der Waals surface area contributed by atoms with Crippen LogP contribution < -0.4 is 15.2 Å². The molecule has 1 unspecified atom stereocenters. The Kier molecular flexibility index (Phi) is 4.31. The van der Waals surface area contributed by atoms with Gasteiger partial charge in [-0.1, -0.05) is 0 Å². The van der Waals surface area contributed by atoms with E-state index in [1.807, 2.05) is 18.2 Å². The molecule has 0 saturated carbocycles. The lowest BCUT2D eigenvalue weighted by Gasteiger charge is -2.29. The van der Waals surface area contributed by atoms with Crippen LogP contribution in [0.3, 0.4) is 0 Å². The molecule has 0 amide bonds. The molecular formula is C14H22N2O2. The summed E-state index contributed by atoms with van der Waals surface area (Å²) < 4.78 is 11.1. The number of hydrogen-bond acceptors (Lipinski definition) is 4. The van der Waals surface area contributed by atoms with Crippen LogP contribution in [0.25, 0.3) is 0 Å². The van der Waals surface area contributed by atoms with E-state index in [2.05, 4.69) is 11.9 Å². The van der Waals surface area contributed by atoms with Crippen LogP contribution >= 0.6 is 0 Å². The van der Waals surface area contributed by atoms with Crippen LogP contribution in [-0.2, 0) is 0 Å². The predicted octanol–water partition coefficient (Wildman–Crippen LogP) is 2.00. The average Bonchev–Trinajstić information content (AvgIpc) is 2.37. The quantitative estimate of drug-likeness (QED) is 0.830. The first-order chi connectivity index (χ1) is 8.69. The van der Waals surface area contributed by atoms with Crippen molar-refractivity contribution in [2.45, 2.75) is 12.8 Å². The lowest BCUT2D eigenvalue weighted by Crippen LogP contribution is -2.34. The van der Waals surface area contributed by atoms with Crippen molar-refractivity contribution in [3.8, 4) is 11.5 Å². The zero-order valence-electron chi connectivity index (χ0n) is 11.2. The van der Waals surface area contributed by atoms with Crippen LogP contribution in [0.1, 0.15) is 12.8 Å². The highest BCUT2D eigenvalue weighted by molar-refractivity contribution is 5.51. The number of nitrogen functional groups attached to an aromatic ring is 1. The van der Waals surface area contributed by atoms with Crippen molar-refractivity contribution in [1.82, 2.24) is 4.90 Å². The summed E-state index contributed by atoms with van der Waals surface area (Å²) in [6, 6.07) is 5.49. The molecule has 2 N–H and O–H groups in total. The van der Waals surface area contributed by atoms with Gasteiger partial charge in [0.15, 0.2) is 11.5 Å². The van der Waals surface area contributed by atoms with E-state index in [4.69, 9.17) is 15.2 Å². The van der Waals surface area contributed by atoms with Gasteiger partial charge >= 0.3 is 0 Å². The van der Waals surface area contributed by atoms with Crippen LogP contribution in [0.2, 0.25) is 0 Å². The van der Waals surface area contributed by atoms with Crippen molar-refractivity contribution < 1.29 is 9.47 Å². The molecule has 4 nitrogen and oxygen atoms in total. The molecule has 100 valence electrons. The van der Waals surface area contributed by atoms with Gasteiger partial charge in [-0.25, -0.2) is 0 Å². The molecule has 1 fully saturated rings. The molecule has 1 aliphatic rings. The first-order valence-electron chi connectivity index (χ1n) is 6.44. The Hall–Kier alpha value is -1.42. The highest BCUT2D eigenvalue weighted by Gasteiger charge is 2.18. The second kappa shape index (κ2) is 5.96. The number of piperidine rings is 1. The van der Waals surface area contributed by atoms with Gasteiger partial charge in [0.1, 0.15) is 0 Å². The largest absolute Gasteiger partial charge is 0.493 e.